The van der Waals surface area contributed by atoms with Gasteiger partial charge in [-0.25, -0.2) is 4.79 Å². The minimum absolute atomic E-state index is 0.0740. The third-order valence-electron chi connectivity index (χ3n) is 5.18. The molecule has 0 aromatic heterocycles. The highest BCUT2D eigenvalue weighted by Gasteiger charge is 2.43. The lowest BCUT2D eigenvalue weighted by Crippen LogP contribution is -2.61. The topological polar surface area (TPSA) is 103 Å². The lowest BCUT2D eigenvalue weighted by molar-refractivity contribution is -0.132. The van der Waals surface area contributed by atoms with E-state index in [4.69, 9.17) is 10.00 Å². The van der Waals surface area contributed by atoms with Gasteiger partial charge in [-0.2, -0.15) is 5.26 Å². The number of hydrogen-bond acceptors (Lipinski definition) is 4. The summed E-state index contributed by atoms with van der Waals surface area (Å²) >= 11 is 0. The van der Waals surface area contributed by atoms with Crippen LogP contribution in [0, 0.1) is 11.3 Å². The zero-order valence-corrected chi connectivity index (χ0v) is 18.5. The van der Waals surface area contributed by atoms with Gasteiger partial charge in [0, 0.05) is 12.2 Å². The zero-order chi connectivity index (χ0) is 22.2. The van der Waals surface area contributed by atoms with Crippen molar-refractivity contribution in [2.45, 2.75) is 83.5 Å². The Morgan fingerprint density at radius 1 is 1.20 bits per heavy atom. The summed E-state index contributed by atoms with van der Waals surface area (Å²) in [6, 6.07) is 8.22. The molecule has 0 aliphatic heterocycles. The number of benzene rings is 1. The van der Waals surface area contributed by atoms with Gasteiger partial charge in [0.2, 0.25) is 5.91 Å². The first-order valence-corrected chi connectivity index (χ1v) is 10.7. The van der Waals surface area contributed by atoms with Crippen molar-refractivity contribution in [2.75, 3.05) is 11.9 Å². The van der Waals surface area contributed by atoms with E-state index in [1.54, 1.807) is 24.3 Å². The van der Waals surface area contributed by atoms with Crippen LogP contribution in [0.15, 0.2) is 24.3 Å². The van der Waals surface area contributed by atoms with E-state index in [9.17, 15) is 9.59 Å². The molecule has 3 N–H and O–H groups in total. The molecule has 0 bridgehead atoms. The Morgan fingerprint density at radius 2 is 1.83 bits per heavy atom. The molecular weight excluding hydrogens is 380 g/mol. The fraction of sp³-hybridized carbons (Fsp3) is 0.609. The number of urea groups is 1. The summed E-state index contributed by atoms with van der Waals surface area (Å²) in [5.41, 5.74) is -0.112. The molecule has 1 aromatic rings. The Bertz CT molecular complexity index is 754. The first kappa shape index (κ1) is 23.7. The normalized spacial score (nSPS) is 21.4. The summed E-state index contributed by atoms with van der Waals surface area (Å²) in [5, 5.41) is 17.6. The van der Waals surface area contributed by atoms with Gasteiger partial charge in [-0.05, 0) is 77.1 Å². The lowest BCUT2D eigenvalue weighted by atomic mass is 9.79. The minimum atomic E-state index is -0.956. The summed E-state index contributed by atoms with van der Waals surface area (Å²) in [6.07, 6.45) is 4.41. The van der Waals surface area contributed by atoms with Crippen LogP contribution in [0.4, 0.5) is 10.5 Å². The molecule has 1 aliphatic carbocycles. The molecule has 0 radical (unpaired) electrons. The molecule has 1 fully saturated rings. The van der Waals surface area contributed by atoms with Gasteiger partial charge in [0.25, 0.3) is 0 Å². The molecule has 7 nitrogen and oxygen atoms in total. The smallest absolute Gasteiger partial charge is 0.320 e. The molecule has 7 heteroatoms. The highest BCUT2D eigenvalue weighted by atomic mass is 16.5. The number of ether oxygens (including phenoxy) is 1. The quantitative estimate of drug-likeness (QED) is 0.585. The molecule has 164 valence electrons. The summed E-state index contributed by atoms with van der Waals surface area (Å²) < 4.78 is 6.09. The number of nitrogens with one attached hydrogen (secondary N) is 3. The molecule has 0 atom stereocenters. The number of amides is 3. The highest BCUT2D eigenvalue weighted by Crippen LogP contribution is 2.32. The summed E-state index contributed by atoms with van der Waals surface area (Å²) in [6.45, 7) is 8.74. The maximum Gasteiger partial charge on any atom is 0.320 e. The molecule has 3 amide bonds. The van der Waals surface area contributed by atoms with Crippen LogP contribution in [-0.2, 0) is 9.53 Å². The maximum absolute atomic E-state index is 13.0. The Balaban J connectivity index is 2.06. The van der Waals surface area contributed by atoms with Crippen LogP contribution >= 0.6 is 0 Å². The van der Waals surface area contributed by atoms with Gasteiger partial charge in [-0.15, -0.1) is 0 Å². The van der Waals surface area contributed by atoms with Crippen molar-refractivity contribution < 1.29 is 14.3 Å². The number of hydrogen-bond donors (Lipinski definition) is 3. The summed E-state index contributed by atoms with van der Waals surface area (Å²) in [4.78, 5) is 25.7. The number of nitrogens with zero attached hydrogens (tertiary/aromatic N) is 1. The molecule has 0 spiro atoms. The predicted molar refractivity (Wildman–Crippen MR) is 117 cm³/mol. The second-order valence-electron chi connectivity index (χ2n) is 8.89. The van der Waals surface area contributed by atoms with Gasteiger partial charge in [-0.3, -0.25) is 4.79 Å². The van der Waals surface area contributed by atoms with Crippen LogP contribution in [0.5, 0.6) is 0 Å². The van der Waals surface area contributed by atoms with E-state index in [2.05, 4.69) is 22.9 Å². The van der Waals surface area contributed by atoms with Crippen molar-refractivity contribution in [3.8, 4) is 6.07 Å². The number of anilines is 1. The van der Waals surface area contributed by atoms with E-state index in [0.29, 0.717) is 43.5 Å². The third kappa shape index (κ3) is 7.03. The number of rotatable bonds is 7. The van der Waals surface area contributed by atoms with E-state index < -0.39 is 11.6 Å². The molecule has 0 heterocycles. The van der Waals surface area contributed by atoms with Crippen LogP contribution in [0.1, 0.15) is 71.8 Å². The summed E-state index contributed by atoms with van der Waals surface area (Å²) in [5.74, 6) is -0.139. The average Bonchev–Trinajstić information content (AvgIpc) is 2.69. The molecule has 1 saturated carbocycles. The van der Waals surface area contributed by atoms with E-state index in [0.717, 1.165) is 12.8 Å². The van der Waals surface area contributed by atoms with E-state index >= 15 is 0 Å². The highest BCUT2D eigenvalue weighted by molar-refractivity contribution is 5.96. The van der Waals surface area contributed by atoms with Crippen LogP contribution in [0.25, 0.3) is 0 Å². The van der Waals surface area contributed by atoms with Gasteiger partial charge < -0.3 is 20.7 Å². The van der Waals surface area contributed by atoms with Crippen LogP contribution in [0.2, 0.25) is 0 Å². The lowest BCUT2D eigenvalue weighted by Gasteiger charge is -2.41. The fourth-order valence-electron chi connectivity index (χ4n) is 3.67. The number of unbranched alkanes of at least 4 members (excludes halogenated alkanes) is 1. The van der Waals surface area contributed by atoms with E-state index in [1.807, 2.05) is 26.8 Å². The Kier molecular flexibility index (Phi) is 8.24. The molecule has 30 heavy (non-hydrogen) atoms. The SMILES string of the molecule is CCCCNC(=O)C1(NC(=O)Nc2ccc(C#N)cc2)CCC(OC(C)(C)C)CC1. The second kappa shape index (κ2) is 10.4. The Morgan fingerprint density at radius 3 is 2.37 bits per heavy atom. The van der Waals surface area contributed by atoms with Crippen LogP contribution in [0.3, 0.4) is 0 Å². The van der Waals surface area contributed by atoms with Gasteiger partial charge >= 0.3 is 6.03 Å². The van der Waals surface area contributed by atoms with Crippen molar-refractivity contribution in [1.29, 1.82) is 5.26 Å². The second-order valence-corrected chi connectivity index (χ2v) is 8.89. The van der Waals surface area contributed by atoms with Gasteiger partial charge in [0.15, 0.2) is 0 Å². The first-order chi connectivity index (χ1) is 14.2. The van der Waals surface area contributed by atoms with Crippen LogP contribution < -0.4 is 16.0 Å². The molecule has 0 saturated heterocycles. The number of carbonyl (C=O) groups excluding carboxylic acids is 2. The Labute approximate surface area is 179 Å². The molecule has 0 unspecified atom stereocenters. The fourth-order valence-corrected chi connectivity index (χ4v) is 3.67. The minimum Gasteiger partial charge on any atom is -0.373 e. The van der Waals surface area contributed by atoms with E-state index in [-0.39, 0.29) is 17.6 Å². The van der Waals surface area contributed by atoms with Gasteiger partial charge in [0.1, 0.15) is 5.54 Å². The summed E-state index contributed by atoms with van der Waals surface area (Å²) in [7, 11) is 0. The van der Waals surface area contributed by atoms with Crippen molar-refractivity contribution in [2.24, 2.45) is 0 Å². The van der Waals surface area contributed by atoms with Gasteiger partial charge in [0.05, 0.1) is 23.3 Å². The van der Waals surface area contributed by atoms with Crippen molar-refractivity contribution in [3.63, 3.8) is 0 Å². The third-order valence-corrected chi connectivity index (χ3v) is 5.18. The molecule has 2 rings (SSSR count). The largest absolute Gasteiger partial charge is 0.373 e. The number of nitriles is 1. The average molecular weight is 415 g/mol. The first-order valence-electron chi connectivity index (χ1n) is 10.7. The molecular formula is C23H34N4O3. The zero-order valence-electron chi connectivity index (χ0n) is 18.5. The number of carbonyl (C=O) groups is 2. The molecule has 1 aromatic carbocycles. The molecule has 1 aliphatic rings. The predicted octanol–water partition coefficient (Wildman–Crippen LogP) is 4.09. The standard InChI is InChI=1S/C23H34N4O3/c1-5-6-15-25-20(28)23(13-11-19(12-14-23)30-22(2,3)4)27-21(29)26-18-9-7-17(16-24)8-10-18/h7-10,19H,5-6,11-15H2,1-4H3,(H,25,28)(H2,26,27,29). The van der Waals surface area contributed by atoms with E-state index in [1.165, 1.54) is 0 Å². The van der Waals surface area contributed by atoms with Gasteiger partial charge in [-0.1, -0.05) is 13.3 Å². The van der Waals surface area contributed by atoms with Crippen molar-refractivity contribution in [1.82, 2.24) is 10.6 Å². The van der Waals surface area contributed by atoms with Crippen LogP contribution in [-0.4, -0.2) is 35.7 Å². The maximum atomic E-state index is 13.0. The van der Waals surface area contributed by atoms with Crippen molar-refractivity contribution in [3.05, 3.63) is 29.8 Å². The van der Waals surface area contributed by atoms with Crippen molar-refractivity contribution >= 4 is 17.6 Å². The monoisotopic (exact) mass is 414 g/mol. The Hall–Kier alpha value is -2.59.